The van der Waals surface area contributed by atoms with E-state index in [1.54, 1.807) is 48.5 Å². The molecule has 0 unspecified atom stereocenters. The predicted molar refractivity (Wildman–Crippen MR) is 183 cm³/mol. The Labute approximate surface area is 274 Å². The summed E-state index contributed by atoms with van der Waals surface area (Å²) in [6, 6.07) is 2.06. The highest BCUT2D eigenvalue weighted by Gasteiger charge is 2.20. The number of fused-ring (bicyclic) bond motifs is 6. The second-order valence-corrected chi connectivity index (χ2v) is 9.85. The van der Waals surface area contributed by atoms with Gasteiger partial charge in [-0.1, -0.05) is 133 Å². The van der Waals surface area contributed by atoms with Gasteiger partial charge in [-0.25, -0.2) is 0 Å². The van der Waals surface area contributed by atoms with Gasteiger partial charge in [0.15, 0.2) is 0 Å². The average Bonchev–Trinajstić information content (AvgIpc) is 3.65. The molecular weight excluding hydrogens is 520 g/mol. The van der Waals surface area contributed by atoms with Gasteiger partial charge in [-0.3, -0.25) is 0 Å². The zero-order chi connectivity index (χ0) is 44.0. The van der Waals surface area contributed by atoms with Crippen molar-refractivity contribution in [2.45, 2.75) is 0 Å². The van der Waals surface area contributed by atoms with Gasteiger partial charge in [0.1, 0.15) is 11.2 Å². The van der Waals surface area contributed by atoms with Gasteiger partial charge in [0.05, 0.1) is 24.7 Å². The first-order valence-electron chi connectivity index (χ1n) is 22.3. The zero-order valence-corrected chi connectivity index (χ0v) is 22.0. The van der Waals surface area contributed by atoms with E-state index in [1.807, 2.05) is 0 Å². The van der Waals surface area contributed by atoms with Crippen LogP contribution in [0.3, 0.4) is 0 Å². The van der Waals surface area contributed by atoms with Crippen LogP contribution in [0.5, 0.6) is 0 Å². The highest BCUT2D eigenvalue weighted by Crippen LogP contribution is 2.47. The van der Waals surface area contributed by atoms with E-state index in [-0.39, 0.29) is 55.0 Å². The minimum absolute atomic E-state index is 0.00312. The highest BCUT2D eigenvalue weighted by molar-refractivity contribution is 6.26. The van der Waals surface area contributed by atoms with Crippen LogP contribution in [0.4, 0.5) is 0 Å². The van der Waals surface area contributed by atoms with E-state index >= 15 is 0 Å². The molecule has 0 saturated carbocycles. The van der Waals surface area contributed by atoms with Gasteiger partial charge < -0.3 is 4.42 Å². The van der Waals surface area contributed by atoms with E-state index in [0.717, 1.165) is 0 Å². The lowest BCUT2D eigenvalue weighted by molar-refractivity contribution is 0.669. The fraction of sp³-hybridized carbons (Fsp3) is 0. The molecule has 9 rings (SSSR count). The standard InChI is InChI=1S/C42H26O/c1-2-13-27(14-3-1)37-26-29(25-28-15-4-5-16-30(28)37)40-31-17-6-8-19-33(31)41(34-20-9-7-18-32(34)40)36-22-12-24-39-42(36)35-21-10-11-23-38(35)43-39/h1-26H/i1D,2D,3D,4D,5D,10D,11D,12D,13D,14D,15D,16D,21D,22D,23D,24D,25D,26D. The van der Waals surface area contributed by atoms with Gasteiger partial charge in [-0.2, -0.15) is 0 Å². The first-order chi connectivity index (χ1) is 28.8. The van der Waals surface area contributed by atoms with Crippen LogP contribution in [0.1, 0.15) is 24.7 Å². The summed E-state index contributed by atoms with van der Waals surface area (Å²) < 4.78 is 165. The van der Waals surface area contributed by atoms with E-state index in [2.05, 4.69) is 0 Å². The largest absolute Gasteiger partial charge is 0.456 e. The van der Waals surface area contributed by atoms with E-state index in [4.69, 9.17) is 25.0 Å². The van der Waals surface area contributed by atoms with Crippen LogP contribution in [0.15, 0.2) is 162 Å². The normalized spacial score (nSPS) is 17.6. The van der Waals surface area contributed by atoms with Crippen LogP contribution in [0.2, 0.25) is 0 Å². The Bertz CT molecular complexity index is 3430. The second kappa shape index (κ2) is 9.44. The van der Waals surface area contributed by atoms with Crippen LogP contribution in [-0.4, -0.2) is 0 Å². The van der Waals surface area contributed by atoms with Crippen molar-refractivity contribution in [2.24, 2.45) is 0 Å². The van der Waals surface area contributed by atoms with Gasteiger partial charge >= 0.3 is 0 Å². The summed E-state index contributed by atoms with van der Waals surface area (Å²) in [6.07, 6.45) is 0. The van der Waals surface area contributed by atoms with E-state index in [0.29, 0.717) is 21.5 Å². The maximum absolute atomic E-state index is 9.87. The molecule has 1 heteroatoms. The molecule has 0 bridgehead atoms. The van der Waals surface area contributed by atoms with Gasteiger partial charge in [0.2, 0.25) is 0 Å². The summed E-state index contributed by atoms with van der Waals surface area (Å²) in [5.41, 5.74) is -1.19. The van der Waals surface area contributed by atoms with E-state index in [9.17, 15) is 4.11 Å². The van der Waals surface area contributed by atoms with Gasteiger partial charge in [0.25, 0.3) is 0 Å². The molecule has 9 aromatic rings. The average molecular weight is 565 g/mol. The summed E-state index contributed by atoms with van der Waals surface area (Å²) in [5, 5.41) is 0.448. The Balaban J connectivity index is 1.55. The third kappa shape index (κ3) is 3.65. The van der Waals surface area contributed by atoms with E-state index < -0.39 is 120 Å². The molecule has 200 valence electrons. The molecule has 1 aromatic heterocycles. The number of benzene rings is 8. The molecule has 0 saturated heterocycles. The summed E-state index contributed by atoms with van der Waals surface area (Å²) in [7, 11) is 0. The lowest BCUT2D eigenvalue weighted by atomic mass is 9.83. The summed E-state index contributed by atoms with van der Waals surface area (Å²) >= 11 is 0. The second-order valence-electron chi connectivity index (χ2n) is 9.85. The molecule has 0 aliphatic carbocycles. The van der Waals surface area contributed by atoms with Crippen LogP contribution >= 0.6 is 0 Å². The van der Waals surface area contributed by atoms with E-state index in [1.165, 1.54) is 0 Å². The third-order valence-corrected chi connectivity index (χ3v) is 7.57. The Morgan fingerprint density at radius 1 is 0.419 bits per heavy atom. The van der Waals surface area contributed by atoms with Crippen molar-refractivity contribution in [2.75, 3.05) is 0 Å². The van der Waals surface area contributed by atoms with Crippen LogP contribution < -0.4 is 0 Å². The van der Waals surface area contributed by atoms with Crippen molar-refractivity contribution in [3.05, 3.63) is 157 Å². The number of hydrogen-bond donors (Lipinski definition) is 0. The van der Waals surface area contributed by atoms with Gasteiger partial charge in [-0.05, 0) is 89.9 Å². The molecule has 8 aromatic carbocycles. The summed E-state index contributed by atoms with van der Waals surface area (Å²) in [5.74, 6) is 0. The molecular formula is C42H26O. The van der Waals surface area contributed by atoms with Crippen LogP contribution in [0.25, 0.3) is 87.6 Å². The van der Waals surface area contributed by atoms with Crippen molar-refractivity contribution < 1.29 is 29.1 Å². The van der Waals surface area contributed by atoms with Crippen molar-refractivity contribution in [3.63, 3.8) is 0 Å². The topological polar surface area (TPSA) is 13.1 Å². The molecule has 1 heterocycles. The lowest BCUT2D eigenvalue weighted by Gasteiger charge is -2.19. The number of hydrogen-bond acceptors (Lipinski definition) is 1. The zero-order valence-electron chi connectivity index (χ0n) is 40.0. The monoisotopic (exact) mass is 564 g/mol. The van der Waals surface area contributed by atoms with Crippen molar-refractivity contribution in [1.29, 1.82) is 0 Å². The molecule has 0 aliphatic rings. The molecule has 1 nitrogen and oxygen atoms in total. The Hall–Kier alpha value is -5.66. The quantitative estimate of drug-likeness (QED) is 0.195. The fourth-order valence-electron chi connectivity index (χ4n) is 5.84. The molecule has 0 radical (unpaired) electrons. The molecule has 43 heavy (non-hydrogen) atoms. The molecule has 0 atom stereocenters. The van der Waals surface area contributed by atoms with Crippen LogP contribution in [-0.2, 0) is 0 Å². The third-order valence-electron chi connectivity index (χ3n) is 7.57. The SMILES string of the molecule is [2H]c1c([2H])c([2H])c(-c2c([2H])c(-c3c4ccccc4c(-c4c([2H])c([2H])c([2H])c5oc6c([2H])c([2H])c([2H])c([2H])c6c45)c4ccccc34)c([2H])c3c([2H])c([2H])c([2H])c([2H])c23)c([2H])c1[2H]. The maximum atomic E-state index is 9.87. The highest BCUT2D eigenvalue weighted by atomic mass is 16.3. The molecule has 0 fully saturated rings. The summed E-state index contributed by atoms with van der Waals surface area (Å²) in [4.78, 5) is 0. The Morgan fingerprint density at radius 2 is 1.02 bits per heavy atom. The maximum Gasteiger partial charge on any atom is 0.136 e. The van der Waals surface area contributed by atoms with Crippen LogP contribution in [0, 0.1) is 0 Å². The Morgan fingerprint density at radius 3 is 1.77 bits per heavy atom. The minimum atomic E-state index is -0.747. The summed E-state index contributed by atoms with van der Waals surface area (Å²) in [6.45, 7) is 0. The first-order valence-corrected chi connectivity index (χ1v) is 13.3. The number of rotatable bonds is 3. The first kappa shape index (κ1) is 12.3. The molecule has 0 N–H and O–H groups in total. The molecule has 0 aliphatic heterocycles. The van der Waals surface area contributed by atoms with Gasteiger partial charge in [0, 0.05) is 10.8 Å². The molecule has 0 amide bonds. The Kier molecular flexibility index (Phi) is 2.70. The molecule has 0 spiro atoms. The fourth-order valence-corrected chi connectivity index (χ4v) is 5.84. The predicted octanol–water partition coefficient (Wildman–Crippen LogP) is 12.0. The minimum Gasteiger partial charge on any atom is -0.456 e. The lowest BCUT2D eigenvalue weighted by Crippen LogP contribution is -1.92. The van der Waals surface area contributed by atoms with Crippen molar-refractivity contribution in [1.82, 2.24) is 0 Å². The van der Waals surface area contributed by atoms with Crippen molar-refractivity contribution in [3.8, 4) is 33.4 Å². The van der Waals surface area contributed by atoms with Crippen molar-refractivity contribution >= 4 is 54.3 Å². The smallest absolute Gasteiger partial charge is 0.136 e. The number of para-hydroxylation sites is 1. The van der Waals surface area contributed by atoms with Gasteiger partial charge in [-0.15, -0.1) is 0 Å². The number of furan rings is 1.